The fourth-order valence-corrected chi connectivity index (χ4v) is 5.44. The van der Waals surface area contributed by atoms with Crippen molar-refractivity contribution < 1.29 is 24.0 Å². The molecule has 4 heterocycles. The molecule has 156 valence electrons. The molecule has 6 rings (SSSR count). The molecule has 0 N–H and O–H groups in total. The number of anilines is 1. The zero-order chi connectivity index (χ0) is 21.4. The fourth-order valence-electron chi connectivity index (χ4n) is 5.32. The fraction of sp³-hybridized carbons (Fsp3) is 0.304. The number of nitrogens with zero attached hydrogens (tertiary/aromatic N) is 2. The van der Waals surface area contributed by atoms with Gasteiger partial charge in [0, 0.05) is 10.6 Å². The number of fused-ring (bicyclic) bond motifs is 8. The first-order valence-electron chi connectivity index (χ1n) is 10.1. The van der Waals surface area contributed by atoms with Crippen molar-refractivity contribution in [2.24, 2.45) is 22.9 Å². The highest BCUT2D eigenvalue weighted by Crippen LogP contribution is 2.55. The highest BCUT2D eigenvalue weighted by atomic mass is 35.5. The summed E-state index contributed by atoms with van der Waals surface area (Å²) in [6.45, 7) is 1.47. The summed E-state index contributed by atoms with van der Waals surface area (Å²) in [4.78, 5) is 45.0. The van der Waals surface area contributed by atoms with Gasteiger partial charge in [0.2, 0.25) is 11.8 Å². The van der Waals surface area contributed by atoms with Crippen molar-refractivity contribution in [1.82, 2.24) is 0 Å². The van der Waals surface area contributed by atoms with Crippen LogP contribution in [0.15, 0.2) is 53.7 Å². The van der Waals surface area contributed by atoms with E-state index in [9.17, 15) is 14.4 Å². The maximum atomic E-state index is 13.3. The maximum absolute atomic E-state index is 13.3. The lowest BCUT2D eigenvalue weighted by Gasteiger charge is -2.26. The third kappa shape index (κ3) is 2.50. The number of hydrogen-bond acceptors (Lipinski definition) is 6. The summed E-state index contributed by atoms with van der Waals surface area (Å²) in [6, 6.07) is 13.8. The average molecular weight is 437 g/mol. The number of ketones is 1. The van der Waals surface area contributed by atoms with Gasteiger partial charge in [0.25, 0.3) is 0 Å². The second-order valence-corrected chi connectivity index (χ2v) is 8.75. The number of carbonyl (C=O) groups excluding carboxylic acids is 3. The van der Waals surface area contributed by atoms with Gasteiger partial charge in [-0.15, -0.1) is 0 Å². The standard InChI is InChI=1S/C23H17ClN2O5/c1-10(27)11-4-8-14(9-5-11)26-22(28)15-16(23(26)29)20-21-17(19(15)30-20)18(25-31-21)12-2-6-13(24)7-3-12/h2-9,15-17,19-21H,1H3/t15-,16+,17-,19-,20+,21-/m0/s1. The van der Waals surface area contributed by atoms with Gasteiger partial charge in [0.1, 0.15) is 6.10 Å². The Morgan fingerprint density at radius 2 is 1.55 bits per heavy atom. The second kappa shape index (κ2) is 6.48. The normalized spacial score (nSPS) is 32.7. The SMILES string of the molecule is CC(=O)c1ccc(N2C(=O)[C@@H]3[C@@H]4O[C@@H]([C@H]5ON=C(c6ccc(Cl)cc6)[C@H]54)[C@@H]3C2=O)cc1. The van der Waals surface area contributed by atoms with Gasteiger partial charge in [-0.3, -0.25) is 14.4 Å². The van der Waals surface area contributed by atoms with Crippen molar-refractivity contribution in [1.29, 1.82) is 0 Å². The molecule has 6 atom stereocenters. The number of halogens is 1. The summed E-state index contributed by atoms with van der Waals surface area (Å²) in [5.41, 5.74) is 2.57. The molecule has 7 nitrogen and oxygen atoms in total. The van der Waals surface area contributed by atoms with E-state index < -0.39 is 30.1 Å². The van der Waals surface area contributed by atoms with E-state index in [1.54, 1.807) is 36.4 Å². The van der Waals surface area contributed by atoms with Crippen molar-refractivity contribution in [3.05, 3.63) is 64.7 Å². The minimum atomic E-state index is -0.592. The first kappa shape index (κ1) is 18.7. The van der Waals surface area contributed by atoms with E-state index in [0.717, 1.165) is 11.3 Å². The van der Waals surface area contributed by atoms with Gasteiger partial charge in [-0.05, 0) is 48.9 Å². The molecule has 8 heteroatoms. The van der Waals surface area contributed by atoms with Crippen LogP contribution in [-0.4, -0.2) is 41.6 Å². The number of rotatable bonds is 3. The molecule has 4 aliphatic rings. The highest BCUT2D eigenvalue weighted by Gasteiger charge is 2.72. The summed E-state index contributed by atoms with van der Waals surface area (Å²) in [5, 5.41) is 4.88. The topological polar surface area (TPSA) is 85.3 Å². The summed E-state index contributed by atoms with van der Waals surface area (Å²) in [5.74, 6) is -2.03. The molecule has 2 aromatic carbocycles. The lowest BCUT2D eigenvalue weighted by Crippen LogP contribution is -2.45. The Hall–Kier alpha value is -3.03. The Morgan fingerprint density at radius 1 is 0.903 bits per heavy atom. The Bertz CT molecular complexity index is 1160. The predicted octanol–water partition coefficient (Wildman–Crippen LogP) is 2.85. The van der Waals surface area contributed by atoms with Crippen LogP contribution in [0.3, 0.4) is 0 Å². The van der Waals surface area contributed by atoms with Gasteiger partial charge in [-0.1, -0.05) is 28.9 Å². The van der Waals surface area contributed by atoms with Gasteiger partial charge in [-0.2, -0.15) is 0 Å². The van der Waals surface area contributed by atoms with Crippen LogP contribution in [-0.2, 0) is 19.2 Å². The van der Waals surface area contributed by atoms with Crippen molar-refractivity contribution in [2.75, 3.05) is 4.90 Å². The number of benzene rings is 2. The third-order valence-electron chi connectivity index (χ3n) is 6.71. The smallest absolute Gasteiger partial charge is 0.240 e. The van der Waals surface area contributed by atoms with Gasteiger partial charge in [0.15, 0.2) is 11.9 Å². The molecule has 0 spiro atoms. The minimum Gasteiger partial charge on any atom is -0.389 e. The maximum Gasteiger partial charge on any atom is 0.240 e. The predicted molar refractivity (Wildman–Crippen MR) is 111 cm³/mol. The van der Waals surface area contributed by atoms with Gasteiger partial charge in [0.05, 0.1) is 35.3 Å². The Balaban J connectivity index is 1.32. The van der Waals surface area contributed by atoms with Crippen molar-refractivity contribution in [3.8, 4) is 0 Å². The van der Waals surface area contributed by atoms with E-state index in [1.165, 1.54) is 11.8 Å². The quantitative estimate of drug-likeness (QED) is 0.545. The number of oxime groups is 1. The minimum absolute atomic E-state index is 0.0760. The molecule has 0 saturated carbocycles. The van der Waals surface area contributed by atoms with Crippen LogP contribution in [0.5, 0.6) is 0 Å². The molecule has 31 heavy (non-hydrogen) atoms. The van der Waals surface area contributed by atoms with Crippen LogP contribution in [0.25, 0.3) is 0 Å². The van der Waals surface area contributed by atoms with Gasteiger partial charge < -0.3 is 9.57 Å². The Kier molecular flexibility index (Phi) is 3.91. The lowest BCUT2D eigenvalue weighted by atomic mass is 9.71. The molecule has 0 aromatic heterocycles. The van der Waals surface area contributed by atoms with Crippen LogP contribution in [0.4, 0.5) is 5.69 Å². The summed E-state index contributed by atoms with van der Waals surface area (Å²) < 4.78 is 6.11. The number of carbonyl (C=O) groups is 3. The number of imide groups is 1. The van der Waals surface area contributed by atoms with Crippen LogP contribution in [0.2, 0.25) is 5.02 Å². The van der Waals surface area contributed by atoms with E-state index in [4.69, 9.17) is 21.2 Å². The zero-order valence-electron chi connectivity index (χ0n) is 16.4. The molecule has 0 radical (unpaired) electrons. The molecular weight excluding hydrogens is 420 g/mol. The number of ether oxygens (including phenoxy) is 1. The first-order valence-corrected chi connectivity index (χ1v) is 10.5. The Labute approximate surface area is 182 Å². The average Bonchev–Trinajstić information content (AvgIpc) is 3.49. The summed E-state index contributed by atoms with van der Waals surface area (Å²) in [7, 11) is 0. The molecular formula is C23H17ClN2O5. The van der Waals surface area contributed by atoms with Gasteiger partial charge in [-0.25, -0.2) is 4.90 Å². The molecule has 0 aliphatic carbocycles. The van der Waals surface area contributed by atoms with Crippen molar-refractivity contribution in [3.63, 3.8) is 0 Å². The number of hydrogen-bond donors (Lipinski definition) is 0. The monoisotopic (exact) mass is 436 g/mol. The molecule has 3 saturated heterocycles. The van der Waals surface area contributed by atoms with E-state index >= 15 is 0 Å². The Morgan fingerprint density at radius 3 is 2.19 bits per heavy atom. The zero-order valence-corrected chi connectivity index (χ0v) is 17.2. The number of Topliss-reactive ketones (excluding diaryl/α,β-unsaturated/α-hetero) is 1. The highest BCUT2D eigenvalue weighted by molar-refractivity contribution is 6.30. The molecule has 0 unspecified atom stereocenters. The van der Waals surface area contributed by atoms with E-state index in [0.29, 0.717) is 16.3 Å². The molecule has 3 fully saturated rings. The summed E-state index contributed by atoms with van der Waals surface area (Å²) >= 11 is 6.00. The van der Waals surface area contributed by atoms with Crippen LogP contribution >= 0.6 is 11.6 Å². The lowest BCUT2D eigenvalue weighted by molar-refractivity contribution is -0.125. The first-order chi connectivity index (χ1) is 15.0. The van der Waals surface area contributed by atoms with Gasteiger partial charge >= 0.3 is 0 Å². The number of amides is 2. The molecule has 2 aromatic rings. The second-order valence-electron chi connectivity index (χ2n) is 8.31. The molecule has 4 aliphatic heterocycles. The molecule has 2 amide bonds. The van der Waals surface area contributed by atoms with E-state index in [1.807, 2.05) is 12.1 Å². The molecule has 2 bridgehead atoms. The van der Waals surface area contributed by atoms with Crippen molar-refractivity contribution >= 4 is 40.6 Å². The summed E-state index contributed by atoms with van der Waals surface area (Å²) in [6.07, 6.45) is -1.39. The van der Waals surface area contributed by atoms with Crippen LogP contribution in [0, 0.1) is 17.8 Å². The largest absolute Gasteiger partial charge is 0.389 e. The third-order valence-corrected chi connectivity index (χ3v) is 6.96. The van der Waals surface area contributed by atoms with E-state index in [-0.39, 0.29) is 23.5 Å². The van der Waals surface area contributed by atoms with E-state index in [2.05, 4.69) is 5.16 Å². The van der Waals surface area contributed by atoms with Crippen molar-refractivity contribution in [2.45, 2.75) is 25.2 Å². The van der Waals surface area contributed by atoms with Crippen LogP contribution in [0.1, 0.15) is 22.8 Å². The van der Waals surface area contributed by atoms with Crippen LogP contribution < -0.4 is 4.90 Å².